The summed E-state index contributed by atoms with van der Waals surface area (Å²) in [6.07, 6.45) is 4.42. The van der Waals surface area contributed by atoms with E-state index in [9.17, 15) is 4.79 Å². The monoisotopic (exact) mass is 364 g/mol. The van der Waals surface area contributed by atoms with E-state index in [1.807, 2.05) is 39.8 Å². The summed E-state index contributed by atoms with van der Waals surface area (Å²) in [5.41, 5.74) is 2.55. The zero-order chi connectivity index (χ0) is 18.6. The molecule has 1 fully saturated rings. The summed E-state index contributed by atoms with van der Waals surface area (Å²) in [6.45, 7) is 5.16. The molecule has 3 heterocycles. The van der Waals surface area contributed by atoms with E-state index in [1.54, 1.807) is 6.33 Å². The molecule has 4 rings (SSSR count). The van der Waals surface area contributed by atoms with E-state index in [2.05, 4.69) is 17.2 Å². The highest BCUT2D eigenvalue weighted by Crippen LogP contribution is 2.24. The predicted molar refractivity (Wildman–Crippen MR) is 105 cm³/mol. The predicted octanol–water partition coefficient (Wildman–Crippen LogP) is 2.94. The minimum absolute atomic E-state index is 0.240. The third kappa shape index (κ3) is 3.63. The number of carbonyl (C=O) groups excluding carboxylic acids is 1. The molecule has 27 heavy (non-hydrogen) atoms. The Balaban J connectivity index is 1.69. The Bertz CT molecular complexity index is 936. The van der Waals surface area contributed by atoms with Crippen molar-refractivity contribution < 1.29 is 4.79 Å². The average molecular weight is 364 g/mol. The number of aromatic nitrogens is 4. The van der Waals surface area contributed by atoms with Crippen molar-refractivity contribution in [1.29, 1.82) is 0 Å². The molecule has 0 aliphatic carbocycles. The highest BCUT2D eigenvalue weighted by Gasteiger charge is 2.20. The molecule has 7 heteroatoms. The first kappa shape index (κ1) is 17.5. The van der Waals surface area contributed by atoms with Crippen LogP contribution in [0.3, 0.4) is 0 Å². The van der Waals surface area contributed by atoms with E-state index >= 15 is 0 Å². The summed E-state index contributed by atoms with van der Waals surface area (Å²) in [5, 5.41) is 3.37. The number of amides is 1. The number of benzene rings is 1. The molecule has 0 atom stereocenters. The Hall–Kier alpha value is -2.96. The van der Waals surface area contributed by atoms with E-state index in [0.717, 1.165) is 48.5 Å². The molecule has 1 aromatic carbocycles. The first-order valence-corrected chi connectivity index (χ1v) is 9.56. The topological polar surface area (TPSA) is 75.9 Å². The van der Waals surface area contributed by atoms with Crippen LogP contribution >= 0.6 is 0 Å². The van der Waals surface area contributed by atoms with Gasteiger partial charge in [-0.05, 0) is 12.8 Å². The number of carbonyl (C=O) groups is 1. The van der Waals surface area contributed by atoms with E-state index in [0.29, 0.717) is 25.3 Å². The fourth-order valence-corrected chi connectivity index (χ4v) is 3.36. The molecule has 1 N–H and O–H groups in total. The van der Waals surface area contributed by atoms with Crippen molar-refractivity contribution in [2.24, 2.45) is 0 Å². The van der Waals surface area contributed by atoms with Gasteiger partial charge in [0.2, 0.25) is 5.91 Å². The van der Waals surface area contributed by atoms with Gasteiger partial charge in [0.15, 0.2) is 17.3 Å². The second-order valence-electron chi connectivity index (χ2n) is 6.78. The van der Waals surface area contributed by atoms with Crippen LogP contribution in [0.4, 0.5) is 5.82 Å². The van der Waals surface area contributed by atoms with Gasteiger partial charge < -0.3 is 14.8 Å². The van der Waals surface area contributed by atoms with E-state index in [-0.39, 0.29) is 5.91 Å². The minimum Gasteiger partial charge on any atom is -0.368 e. The van der Waals surface area contributed by atoms with Crippen molar-refractivity contribution in [3.8, 4) is 11.4 Å². The summed E-state index contributed by atoms with van der Waals surface area (Å²) < 4.78 is 2.02. The van der Waals surface area contributed by atoms with Crippen LogP contribution in [0.25, 0.3) is 22.6 Å². The molecule has 2 aromatic heterocycles. The molecule has 140 valence electrons. The number of nitrogens with one attached hydrogen (secondary N) is 1. The normalized spacial score (nSPS) is 14.3. The number of rotatable bonds is 7. The Labute approximate surface area is 158 Å². The molecule has 0 radical (unpaired) electrons. The highest BCUT2D eigenvalue weighted by molar-refractivity contribution is 5.85. The van der Waals surface area contributed by atoms with Gasteiger partial charge in [-0.2, -0.15) is 0 Å². The summed E-state index contributed by atoms with van der Waals surface area (Å²) >= 11 is 0. The zero-order valence-corrected chi connectivity index (χ0v) is 15.6. The third-order valence-corrected chi connectivity index (χ3v) is 4.82. The number of fused-ring (bicyclic) bond motifs is 1. The summed E-state index contributed by atoms with van der Waals surface area (Å²) in [4.78, 5) is 27.8. The van der Waals surface area contributed by atoms with Gasteiger partial charge >= 0.3 is 0 Å². The van der Waals surface area contributed by atoms with Crippen LogP contribution in [0.5, 0.6) is 0 Å². The fraction of sp³-hybridized carbons (Fsp3) is 0.400. The molecule has 0 spiro atoms. The van der Waals surface area contributed by atoms with Crippen molar-refractivity contribution in [3.63, 3.8) is 0 Å². The van der Waals surface area contributed by atoms with Crippen LogP contribution in [-0.2, 0) is 11.3 Å². The lowest BCUT2D eigenvalue weighted by molar-refractivity contribution is -0.127. The molecule has 1 aliphatic heterocycles. The lowest BCUT2D eigenvalue weighted by Crippen LogP contribution is -2.28. The number of nitrogens with zero attached hydrogens (tertiary/aromatic N) is 5. The molecular formula is C20H24N6O. The lowest BCUT2D eigenvalue weighted by atomic mass is 10.2. The van der Waals surface area contributed by atoms with Crippen molar-refractivity contribution in [2.75, 3.05) is 25.0 Å². The molecule has 3 aromatic rings. The Morgan fingerprint density at radius 2 is 2.00 bits per heavy atom. The van der Waals surface area contributed by atoms with Gasteiger partial charge in [0.25, 0.3) is 0 Å². The van der Waals surface area contributed by atoms with Crippen molar-refractivity contribution in [3.05, 3.63) is 36.7 Å². The maximum atomic E-state index is 11.9. The molecule has 1 amide bonds. The second kappa shape index (κ2) is 7.73. The quantitative estimate of drug-likeness (QED) is 0.698. The average Bonchev–Trinajstić information content (AvgIpc) is 3.31. The molecule has 0 bridgehead atoms. The number of anilines is 1. The maximum Gasteiger partial charge on any atom is 0.222 e. The van der Waals surface area contributed by atoms with Gasteiger partial charge in [0.1, 0.15) is 5.52 Å². The van der Waals surface area contributed by atoms with Crippen LogP contribution < -0.4 is 5.32 Å². The Kier molecular flexibility index (Phi) is 5.00. The van der Waals surface area contributed by atoms with E-state index in [1.165, 1.54) is 0 Å². The smallest absolute Gasteiger partial charge is 0.222 e. The molecule has 0 unspecified atom stereocenters. The van der Waals surface area contributed by atoms with Crippen molar-refractivity contribution in [2.45, 2.75) is 32.7 Å². The summed E-state index contributed by atoms with van der Waals surface area (Å²) in [5.74, 6) is 1.68. The third-order valence-electron chi connectivity index (χ3n) is 4.82. The first-order chi connectivity index (χ1) is 13.3. The number of hydrogen-bond acceptors (Lipinski definition) is 5. The van der Waals surface area contributed by atoms with E-state index < -0.39 is 0 Å². The Morgan fingerprint density at radius 3 is 2.74 bits per heavy atom. The summed E-state index contributed by atoms with van der Waals surface area (Å²) in [6, 6.07) is 9.97. The van der Waals surface area contributed by atoms with Gasteiger partial charge in [-0.25, -0.2) is 15.0 Å². The van der Waals surface area contributed by atoms with Gasteiger partial charge in [-0.3, -0.25) is 4.79 Å². The highest BCUT2D eigenvalue weighted by atomic mass is 16.2. The van der Waals surface area contributed by atoms with Gasteiger partial charge in [0.05, 0.1) is 6.33 Å². The summed E-state index contributed by atoms with van der Waals surface area (Å²) in [7, 11) is 0. The Morgan fingerprint density at radius 1 is 1.15 bits per heavy atom. The maximum absolute atomic E-state index is 11.9. The van der Waals surface area contributed by atoms with Crippen LogP contribution in [0.15, 0.2) is 36.7 Å². The first-order valence-electron chi connectivity index (χ1n) is 9.56. The second-order valence-corrected chi connectivity index (χ2v) is 6.78. The fourth-order valence-electron chi connectivity index (χ4n) is 3.36. The standard InChI is InChI=1S/C20H24N6O/c1-2-10-21-19-17-20(24-18(23-19)15-7-4-3-5-8-15)26(14-22-17)13-12-25-11-6-9-16(25)27/h3-5,7-8,14H,2,6,9-13H2,1H3,(H,21,23,24). The molecule has 1 aliphatic rings. The molecule has 0 saturated carbocycles. The van der Waals surface area contributed by atoms with Crippen LogP contribution in [0.2, 0.25) is 0 Å². The van der Waals surface area contributed by atoms with E-state index in [4.69, 9.17) is 9.97 Å². The lowest BCUT2D eigenvalue weighted by Gasteiger charge is -2.16. The largest absolute Gasteiger partial charge is 0.368 e. The van der Waals surface area contributed by atoms with Gasteiger partial charge in [-0.1, -0.05) is 37.3 Å². The van der Waals surface area contributed by atoms with Crippen molar-refractivity contribution in [1.82, 2.24) is 24.4 Å². The van der Waals surface area contributed by atoms with Crippen molar-refractivity contribution >= 4 is 22.9 Å². The van der Waals surface area contributed by atoms with Crippen LogP contribution in [0.1, 0.15) is 26.2 Å². The number of hydrogen-bond donors (Lipinski definition) is 1. The minimum atomic E-state index is 0.240. The molecule has 1 saturated heterocycles. The zero-order valence-electron chi connectivity index (χ0n) is 15.6. The van der Waals surface area contributed by atoms with Crippen LogP contribution in [-0.4, -0.2) is 50.0 Å². The number of imidazole rings is 1. The molecular weight excluding hydrogens is 340 g/mol. The number of likely N-dealkylation sites (tertiary alicyclic amines) is 1. The SMILES string of the molecule is CCCNc1nc(-c2ccccc2)nc2c1ncn2CCN1CCCC1=O. The van der Waals surface area contributed by atoms with Crippen LogP contribution in [0, 0.1) is 0 Å². The molecule has 7 nitrogen and oxygen atoms in total. The van der Waals surface area contributed by atoms with Gasteiger partial charge in [0, 0.05) is 38.2 Å². The van der Waals surface area contributed by atoms with Gasteiger partial charge in [-0.15, -0.1) is 0 Å².